The van der Waals surface area contributed by atoms with Crippen molar-refractivity contribution in [1.29, 1.82) is 0 Å². The Bertz CT molecular complexity index is 787. The Hall–Kier alpha value is -2.77. The van der Waals surface area contributed by atoms with Gasteiger partial charge < -0.3 is 14.3 Å². The highest BCUT2D eigenvalue weighted by Gasteiger charge is 2.42. The van der Waals surface area contributed by atoms with E-state index in [1.54, 1.807) is 36.5 Å². The van der Waals surface area contributed by atoms with Gasteiger partial charge in [0, 0.05) is 44.0 Å². The van der Waals surface area contributed by atoms with Crippen LogP contribution in [-0.2, 0) is 16.1 Å². The van der Waals surface area contributed by atoms with Gasteiger partial charge in [0.25, 0.3) is 0 Å². The molecule has 130 valence electrons. The molecule has 2 aromatic heterocycles. The molecule has 0 unspecified atom stereocenters. The van der Waals surface area contributed by atoms with E-state index in [1.165, 1.54) is 0 Å². The molecule has 0 bridgehead atoms. The summed E-state index contributed by atoms with van der Waals surface area (Å²) in [6, 6.07) is 3.94. The summed E-state index contributed by atoms with van der Waals surface area (Å²) in [6.07, 6.45) is 5.73. The lowest BCUT2D eigenvalue weighted by Gasteiger charge is -2.19. The Balaban J connectivity index is 1.38. The molecule has 2 amide bonds. The quantitative estimate of drug-likeness (QED) is 0.809. The third-order valence-electron chi connectivity index (χ3n) is 4.65. The van der Waals surface area contributed by atoms with E-state index < -0.39 is 0 Å². The van der Waals surface area contributed by atoms with Gasteiger partial charge in [-0.3, -0.25) is 14.6 Å². The molecule has 0 radical (unpaired) electrons. The average molecular weight is 341 g/mol. The number of hydrogen-bond donors (Lipinski definition) is 0. The number of amides is 2. The van der Waals surface area contributed by atoms with E-state index >= 15 is 0 Å². The molecule has 2 fully saturated rings. The molecule has 1 atom stereocenters. The maximum Gasteiger partial charge on any atom is 0.246 e. The van der Waals surface area contributed by atoms with Crippen LogP contribution in [0, 0.1) is 5.92 Å². The zero-order valence-electron chi connectivity index (χ0n) is 14.0. The predicted octanol–water partition coefficient (Wildman–Crippen LogP) is 1.10. The van der Waals surface area contributed by atoms with Crippen LogP contribution in [0.1, 0.15) is 25.2 Å². The minimum atomic E-state index is -0.277. The first-order chi connectivity index (χ1) is 12.1. The van der Waals surface area contributed by atoms with Crippen molar-refractivity contribution in [2.24, 2.45) is 5.92 Å². The first-order valence-corrected chi connectivity index (χ1v) is 8.39. The van der Waals surface area contributed by atoms with Crippen molar-refractivity contribution in [3.8, 4) is 11.4 Å². The summed E-state index contributed by atoms with van der Waals surface area (Å²) in [7, 11) is 1.70. The van der Waals surface area contributed by atoms with Crippen molar-refractivity contribution in [2.75, 3.05) is 13.6 Å². The lowest BCUT2D eigenvalue weighted by atomic mass is 10.1. The van der Waals surface area contributed by atoms with Crippen LogP contribution in [0.3, 0.4) is 0 Å². The Morgan fingerprint density at radius 2 is 2.12 bits per heavy atom. The first kappa shape index (κ1) is 15.7. The Morgan fingerprint density at radius 3 is 2.84 bits per heavy atom. The van der Waals surface area contributed by atoms with Crippen LogP contribution in [0.5, 0.6) is 0 Å². The third-order valence-corrected chi connectivity index (χ3v) is 4.65. The van der Waals surface area contributed by atoms with Gasteiger partial charge in [0.2, 0.25) is 23.5 Å². The van der Waals surface area contributed by atoms with Crippen molar-refractivity contribution in [3.05, 3.63) is 30.4 Å². The molecule has 1 saturated heterocycles. The molecule has 8 heteroatoms. The molecule has 1 aliphatic carbocycles. The van der Waals surface area contributed by atoms with E-state index in [4.69, 9.17) is 4.52 Å². The van der Waals surface area contributed by atoms with E-state index in [1.807, 2.05) is 4.90 Å². The lowest BCUT2D eigenvalue weighted by molar-refractivity contribution is -0.135. The van der Waals surface area contributed by atoms with Gasteiger partial charge in [0.05, 0.1) is 12.5 Å². The van der Waals surface area contributed by atoms with Crippen molar-refractivity contribution in [1.82, 2.24) is 24.9 Å². The number of aromatic nitrogens is 3. The smallest absolute Gasteiger partial charge is 0.246 e. The molecule has 1 aliphatic heterocycles. The SMILES string of the molecule is CN(Cc1nc(-c2ccncc2)no1)C(=O)[C@@H]1CC(=O)N(C2CC2)C1. The number of rotatable bonds is 5. The van der Waals surface area contributed by atoms with Crippen LogP contribution in [-0.4, -0.2) is 56.4 Å². The molecule has 4 rings (SSSR count). The van der Waals surface area contributed by atoms with E-state index in [2.05, 4.69) is 15.1 Å². The minimum Gasteiger partial charge on any atom is -0.339 e. The fourth-order valence-corrected chi connectivity index (χ4v) is 3.17. The molecule has 0 aromatic carbocycles. The van der Waals surface area contributed by atoms with E-state index in [9.17, 15) is 9.59 Å². The van der Waals surface area contributed by atoms with Gasteiger partial charge in [-0.25, -0.2) is 0 Å². The van der Waals surface area contributed by atoms with Gasteiger partial charge in [0.1, 0.15) is 0 Å². The Morgan fingerprint density at radius 1 is 1.36 bits per heavy atom. The molecule has 8 nitrogen and oxygen atoms in total. The maximum atomic E-state index is 12.6. The van der Waals surface area contributed by atoms with Gasteiger partial charge in [0.15, 0.2) is 0 Å². The molecule has 3 heterocycles. The summed E-state index contributed by atoms with van der Waals surface area (Å²) in [5.74, 6) is 0.591. The summed E-state index contributed by atoms with van der Waals surface area (Å²) in [6.45, 7) is 0.754. The third kappa shape index (κ3) is 3.24. The van der Waals surface area contributed by atoms with Gasteiger partial charge in [-0.15, -0.1) is 0 Å². The second kappa shape index (κ2) is 6.27. The van der Waals surface area contributed by atoms with Crippen LogP contribution in [0.4, 0.5) is 0 Å². The summed E-state index contributed by atoms with van der Waals surface area (Å²) in [4.78, 5) is 36.3. The molecule has 25 heavy (non-hydrogen) atoms. The minimum absolute atomic E-state index is 0.0554. The fourth-order valence-electron chi connectivity index (χ4n) is 3.17. The Labute approximate surface area is 144 Å². The number of carbonyl (C=O) groups excluding carboxylic acids is 2. The maximum absolute atomic E-state index is 12.6. The molecule has 0 N–H and O–H groups in total. The molecular formula is C17H19N5O3. The van der Waals surface area contributed by atoms with Crippen molar-refractivity contribution >= 4 is 11.8 Å². The topological polar surface area (TPSA) is 92.4 Å². The monoisotopic (exact) mass is 341 g/mol. The van der Waals surface area contributed by atoms with Crippen LogP contribution in [0.15, 0.2) is 29.0 Å². The van der Waals surface area contributed by atoms with E-state index in [-0.39, 0.29) is 24.3 Å². The van der Waals surface area contributed by atoms with Gasteiger partial charge in [-0.05, 0) is 25.0 Å². The second-order valence-corrected chi connectivity index (χ2v) is 6.62. The number of nitrogens with zero attached hydrogens (tertiary/aromatic N) is 5. The Kier molecular flexibility index (Phi) is 3.95. The summed E-state index contributed by atoms with van der Waals surface area (Å²) >= 11 is 0. The highest BCUT2D eigenvalue weighted by atomic mass is 16.5. The fraction of sp³-hybridized carbons (Fsp3) is 0.471. The van der Waals surface area contributed by atoms with Gasteiger partial charge in [-0.1, -0.05) is 5.16 Å². The van der Waals surface area contributed by atoms with Gasteiger partial charge in [-0.2, -0.15) is 4.98 Å². The highest BCUT2D eigenvalue weighted by Crippen LogP contribution is 2.33. The zero-order chi connectivity index (χ0) is 17.4. The lowest BCUT2D eigenvalue weighted by Crippen LogP contribution is -2.34. The summed E-state index contributed by atoms with van der Waals surface area (Å²) < 4.78 is 5.24. The molecule has 0 spiro atoms. The number of carbonyl (C=O) groups is 2. The number of likely N-dealkylation sites (tertiary alicyclic amines) is 1. The summed E-state index contributed by atoms with van der Waals surface area (Å²) in [5, 5.41) is 3.94. The normalized spacial score (nSPS) is 20.1. The van der Waals surface area contributed by atoms with E-state index in [0.717, 1.165) is 18.4 Å². The molecular weight excluding hydrogens is 322 g/mol. The predicted molar refractivity (Wildman–Crippen MR) is 86.8 cm³/mol. The van der Waals surface area contributed by atoms with Crippen LogP contribution < -0.4 is 0 Å². The van der Waals surface area contributed by atoms with Crippen LogP contribution in [0.25, 0.3) is 11.4 Å². The van der Waals surface area contributed by atoms with Crippen LogP contribution >= 0.6 is 0 Å². The largest absolute Gasteiger partial charge is 0.339 e. The summed E-state index contributed by atoms with van der Waals surface area (Å²) in [5.41, 5.74) is 0.806. The van der Waals surface area contributed by atoms with Crippen molar-refractivity contribution in [3.63, 3.8) is 0 Å². The number of pyridine rings is 1. The van der Waals surface area contributed by atoms with Crippen molar-refractivity contribution in [2.45, 2.75) is 31.8 Å². The first-order valence-electron chi connectivity index (χ1n) is 8.39. The van der Waals surface area contributed by atoms with Crippen molar-refractivity contribution < 1.29 is 14.1 Å². The zero-order valence-corrected chi connectivity index (χ0v) is 14.0. The van der Waals surface area contributed by atoms with E-state index in [0.29, 0.717) is 30.7 Å². The second-order valence-electron chi connectivity index (χ2n) is 6.62. The molecule has 2 aliphatic rings. The van der Waals surface area contributed by atoms with Crippen LogP contribution in [0.2, 0.25) is 0 Å². The average Bonchev–Trinajstić information content (AvgIpc) is 3.24. The van der Waals surface area contributed by atoms with Gasteiger partial charge >= 0.3 is 0 Å². The number of hydrogen-bond acceptors (Lipinski definition) is 6. The highest BCUT2D eigenvalue weighted by molar-refractivity contribution is 5.89. The molecule has 1 saturated carbocycles. The standard InChI is InChI=1S/C17H19N5O3/c1-21(17(24)12-8-15(23)22(9-12)13-2-3-13)10-14-19-16(20-25-14)11-4-6-18-7-5-11/h4-7,12-13H,2-3,8-10H2,1H3/t12-/m1/s1. The molecule has 2 aromatic rings.